The Morgan fingerprint density at radius 1 is 1.25 bits per heavy atom. The van der Waals surface area contributed by atoms with Crippen LogP contribution in [-0.2, 0) is 19.4 Å². The number of ether oxygens (including phenoxy) is 1. The Balaban J connectivity index is 1.93. The van der Waals surface area contributed by atoms with Gasteiger partial charge in [-0.2, -0.15) is 0 Å². The lowest BCUT2D eigenvalue weighted by Gasteiger charge is -2.29. The third-order valence-corrected chi connectivity index (χ3v) is 6.71. The van der Waals surface area contributed by atoms with Crippen LogP contribution in [0.1, 0.15) is 33.1 Å². The van der Waals surface area contributed by atoms with Crippen LogP contribution in [0.3, 0.4) is 0 Å². The lowest BCUT2D eigenvalue weighted by atomic mass is 10.1. The summed E-state index contributed by atoms with van der Waals surface area (Å²) in [5.74, 6) is 0.389. The minimum atomic E-state index is -3.05. The molecule has 0 unspecified atom stereocenters. The van der Waals surface area contributed by atoms with E-state index in [0.29, 0.717) is 45.6 Å². The van der Waals surface area contributed by atoms with Crippen molar-refractivity contribution in [3.05, 3.63) is 0 Å². The van der Waals surface area contributed by atoms with Gasteiger partial charge in [0.2, 0.25) is 5.91 Å². The maximum Gasteiger partial charge on any atom is 0.225 e. The van der Waals surface area contributed by atoms with Crippen molar-refractivity contribution in [1.82, 2.24) is 4.90 Å². The Hall–Kier alpha value is -0.620. The van der Waals surface area contributed by atoms with Crippen LogP contribution in [0.2, 0.25) is 0 Å². The quantitative estimate of drug-likeness (QED) is 0.780. The summed E-state index contributed by atoms with van der Waals surface area (Å²) in [5, 5.41) is -0.320. The smallest absolute Gasteiger partial charge is 0.225 e. The third-order valence-electron chi connectivity index (χ3n) is 4.13. The average Bonchev–Trinajstić information content (AvgIpc) is 2.88. The summed E-state index contributed by atoms with van der Waals surface area (Å²) in [4.78, 5) is 14.2. The van der Waals surface area contributed by atoms with Crippen LogP contribution in [0.15, 0.2) is 0 Å². The van der Waals surface area contributed by atoms with Crippen molar-refractivity contribution in [3.8, 4) is 0 Å². The number of morpholine rings is 1. The zero-order chi connectivity index (χ0) is 14.8. The first-order valence-corrected chi connectivity index (χ1v) is 9.20. The molecule has 0 radical (unpaired) electrons. The number of carbonyl (C=O) groups excluding carboxylic acids is 1. The highest BCUT2D eigenvalue weighted by molar-refractivity contribution is 7.92. The summed E-state index contributed by atoms with van der Waals surface area (Å²) in [6.45, 7) is 6.30. The van der Waals surface area contributed by atoms with Gasteiger partial charge in [0.25, 0.3) is 0 Å². The molecule has 116 valence electrons. The lowest BCUT2D eigenvalue weighted by molar-refractivity contribution is -0.139. The fourth-order valence-corrected chi connectivity index (χ4v) is 5.36. The largest absolute Gasteiger partial charge is 0.378 e. The lowest BCUT2D eigenvalue weighted by Crippen LogP contribution is -2.43. The summed E-state index contributed by atoms with van der Waals surface area (Å²) in [6, 6.07) is 0. The van der Waals surface area contributed by atoms with Crippen LogP contribution in [0.25, 0.3) is 0 Å². The van der Waals surface area contributed by atoms with Gasteiger partial charge in [-0.1, -0.05) is 13.8 Å². The van der Waals surface area contributed by atoms with Crippen LogP contribution in [0, 0.1) is 11.8 Å². The second-order valence-electron chi connectivity index (χ2n) is 6.29. The maximum atomic E-state index is 12.4. The Morgan fingerprint density at radius 2 is 1.90 bits per heavy atom. The molecule has 1 heterocycles. The molecule has 1 aliphatic heterocycles. The van der Waals surface area contributed by atoms with Crippen molar-refractivity contribution in [2.75, 3.05) is 32.1 Å². The van der Waals surface area contributed by atoms with Crippen molar-refractivity contribution in [3.63, 3.8) is 0 Å². The van der Waals surface area contributed by atoms with Crippen LogP contribution in [-0.4, -0.2) is 56.5 Å². The van der Waals surface area contributed by atoms with Gasteiger partial charge in [-0.25, -0.2) is 8.42 Å². The van der Waals surface area contributed by atoms with Crippen LogP contribution in [0.4, 0.5) is 0 Å². The fraction of sp³-hybridized carbons (Fsp3) is 0.929. The van der Waals surface area contributed by atoms with Gasteiger partial charge in [0.1, 0.15) is 0 Å². The highest BCUT2D eigenvalue weighted by atomic mass is 32.2. The van der Waals surface area contributed by atoms with Gasteiger partial charge in [0.05, 0.1) is 24.2 Å². The molecule has 0 aromatic rings. The molecule has 2 rings (SSSR count). The molecule has 0 bridgehead atoms. The molecule has 2 atom stereocenters. The normalized spacial score (nSPS) is 28.1. The molecule has 20 heavy (non-hydrogen) atoms. The topological polar surface area (TPSA) is 63.7 Å². The average molecular weight is 303 g/mol. The second kappa shape index (κ2) is 6.43. The molecule has 0 N–H and O–H groups in total. The first-order chi connectivity index (χ1) is 9.40. The van der Waals surface area contributed by atoms with E-state index in [2.05, 4.69) is 0 Å². The predicted octanol–water partition coefficient (Wildman–Crippen LogP) is 1.08. The van der Waals surface area contributed by atoms with Gasteiger partial charge in [-0.15, -0.1) is 0 Å². The SMILES string of the molecule is CC(C)CS(=O)(=O)[C@@H]1CC[C@@H](C(=O)N2CCOCC2)C1. The van der Waals surface area contributed by atoms with Crippen molar-refractivity contribution in [2.45, 2.75) is 38.4 Å². The number of rotatable bonds is 4. The highest BCUT2D eigenvalue weighted by Gasteiger charge is 2.39. The molecule has 2 aliphatic rings. The van der Waals surface area contributed by atoms with E-state index in [1.54, 1.807) is 0 Å². The molecular weight excluding hydrogens is 278 g/mol. The third kappa shape index (κ3) is 3.73. The molecule has 6 heteroatoms. The van der Waals surface area contributed by atoms with E-state index >= 15 is 0 Å². The second-order valence-corrected chi connectivity index (χ2v) is 8.62. The molecule has 1 aliphatic carbocycles. The number of carbonyl (C=O) groups is 1. The van der Waals surface area contributed by atoms with Gasteiger partial charge < -0.3 is 9.64 Å². The Kier molecular flexibility index (Phi) is 5.07. The van der Waals surface area contributed by atoms with E-state index in [-0.39, 0.29) is 28.7 Å². The highest BCUT2D eigenvalue weighted by Crippen LogP contribution is 2.33. The summed E-state index contributed by atoms with van der Waals surface area (Å²) in [6.07, 6.45) is 1.85. The molecule has 5 nitrogen and oxygen atoms in total. The molecule has 1 saturated heterocycles. The Morgan fingerprint density at radius 3 is 2.50 bits per heavy atom. The first kappa shape index (κ1) is 15.8. The molecule has 0 aromatic heterocycles. The zero-order valence-electron chi connectivity index (χ0n) is 12.4. The van der Waals surface area contributed by atoms with Gasteiger partial charge >= 0.3 is 0 Å². The van der Waals surface area contributed by atoms with Crippen LogP contribution < -0.4 is 0 Å². The van der Waals surface area contributed by atoms with Gasteiger partial charge in [0, 0.05) is 19.0 Å². The number of hydrogen-bond donors (Lipinski definition) is 0. The van der Waals surface area contributed by atoms with E-state index in [1.165, 1.54) is 0 Å². The van der Waals surface area contributed by atoms with E-state index in [4.69, 9.17) is 4.74 Å². The number of nitrogens with zero attached hydrogens (tertiary/aromatic N) is 1. The molecule has 1 saturated carbocycles. The monoisotopic (exact) mass is 303 g/mol. The number of amides is 1. The molecule has 0 spiro atoms. The van der Waals surface area contributed by atoms with Gasteiger partial charge in [-0.3, -0.25) is 4.79 Å². The molecular formula is C14H25NO4S. The fourth-order valence-electron chi connectivity index (χ4n) is 3.13. The first-order valence-electron chi connectivity index (χ1n) is 7.48. The Labute approximate surface area is 121 Å². The molecule has 2 fully saturated rings. The number of hydrogen-bond acceptors (Lipinski definition) is 4. The summed E-state index contributed by atoms with van der Waals surface area (Å²) >= 11 is 0. The van der Waals surface area contributed by atoms with E-state index in [9.17, 15) is 13.2 Å². The zero-order valence-corrected chi connectivity index (χ0v) is 13.2. The van der Waals surface area contributed by atoms with Crippen molar-refractivity contribution in [2.24, 2.45) is 11.8 Å². The van der Waals surface area contributed by atoms with Gasteiger partial charge in [-0.05, 0) is 25.2 Å². The van der Waals surface area contributed by atoms with Gasteiger partial charge in [0.15, 0.2) is 9.84 Å². The maximum absolute atomic E-state index is 12.4. The van der Waals surface area contributed by atoms with Crippen molar-refractivity contribution in [1.29, 1.82) is 0 Å². The van der Waals surface area contributed by atoms with E-state index in [0.717, 1.165) is 0 Å². The van der Waals surface area contributed by atoms with Crippen molar-refractivity contribution >= 4 is 15.7 Å². The minimum absolute atomic E-state index is 0.111. The summed E-state index contributed by atoms with van der Waals surface area (Å²) < 4.78 is 29.7. The van der Waals surface area contributed by atoms with Crippen LogP contribution >= 0.6 is 0 Å². The number of sulfone groups is 1. The van der Waals surface area contributed by atoms with E-state index < -0.39 is 9.84 Å². The van der Waals surface area contributed by atoms with E-state index in [1.807, 2.05) is 18.7 Å². The minimum Gasteiger partial charge on any atom is -0.378 e. The Bertz CT molecular complexity index is 440. The molecule has 1 amide bonds. The predicted molar refractivity (Wildman–Crippen MR) is 77.2 cm³/mol. The standard InChI is InChI=1S/C14H25NO4S/c1-11(2)10-20(17,18)13-4-3-12(9-13)14(16)15-5-7-19-8-6-15/h11-13H,3-10H2,1-2H3/t12-,13-/m1/s1. The molecule has 0 aromatic carbocycles. The summed E-state index contributed by atoms with van der Waals surface area (Å²) in [5.41, 5.74) is 0. The summed E-state index contributed by atoms with van der Waals surface area (Å²) in [7, 11) is -3.05. The van der Waals surface area contributed by atoms with Crippen LogP contribution in [0.5, 0.6) is 0 Å². The van der Waals surface area contributed by atoms with Crippen molar-refractivity contribution < 1.29 is 17.9 Å².